The smallest absolute Gasteiger partial charge is 0.433 e. The number of methoxy groups -OCH3 is 1. The number of anilines is 1. The molecule has 0 aliphatic rings. The molecule has 2 heterocycles. The Morgan fingerprint density at radius 2 is 1.81 bits per heavy atom. The Morgan fingerprint density at radius 3 is 2.47 bits per heavy atom. The molecule has 0 atom stereocenters. The minimum absolute atomic E-state index is 0.0255. The number of rotatable bonds is 4. The second kappa shape index (κ2) is 8.12. The number of nitrogens with one attached hydrogen (secondary N) is 1. The topological polar surface area (TPSA) is 81.4 Å². The fraction of sp³-hybridized carbons (Fsp3) is 0.143. The van der Waals surface area contributed by atoms with Gasteiger partial charge in [-0.15, -0.1) is 5.10 Å². The van der Waals surface area contributed by atoms with E-state index in [0.717, 1.165) is 6.07 Å². The number of carbonyl (C=O) groups is 1. The van der Waals surface area contributed by atoms with Crippen molar-refractivity contribution in [2.75, 3.05) is 12.4 Å². The molecule has 0 saturated carbocycles. The van der Waals surface area contributed by atoms with Gasteiger partial charge in [-0.1, -0.05) is 17.7 Å². The maximum atomic E-state index is 13.7. The molecule has 1 amide bonds. The summed E-state index contributed by atoms with van der Waals surface area (Å²) in [4.78, 5) is 20.7. The van der Waals surface area contributed by atoms with Crippen molar-refractivity contribution in [2.24, 2.45) is 0 Å². The van der Waals surface area contributed by atoms with Gasteiger partial charge in [0.1, 0.15) is 5.75 Å². The highest BCUT2D eigenvalue weighted by Crippen LogP contribution is 2.32. The predicted molar refractivity (Wildman–Crippen MR) is 112 cm³/mol. The minimum Gasteiger partial charge on any atom is -0.497 e. The monoisotopic (exact) mass is 461 g/mol. The number of hydrogen-bond donors (Lipinski definition) is 1. The van der Waals surface area contributed by atoms with Crippen molar-refractivity contribution >= 4 is 29.0 Å². The second-order valence-corrected chi connectivity index (χ2v) is 7.25. The maximum absolute atomic E-state index is 13.7. The zero-order chi connectivity index (χ0) is 23.0. The van der Waals surface area contributed by atoms with E-state index in [9.17, 15) is 18.0 Å². The van der Waals surface area contributed by atoms with Crippen LogP contribution in [0.25, 0.3) is 17.0 Å². The van der Waals surface area contributed by atoms with Gasteiger partial charge in [-0.3, -0.25) is 4.79 Å². The molecule has 0 unspecified atom stereocenters. The molecule has 0 radical (unpaired) electrons. The summed E-state index contributed by atoms with van der Waals surface area (Å²) in [7, 11) is 1.48. The van der Waals surface area contributed by atoms with Crippen LogP contribution in [0.4, 0.5) is 18.9 Å². The summed E-state index contributed by atoms with van der Waals surface area (Å²) in [5, 5.41) is 6.70. The van der Waals surface area contributed by atoms with Crippen LogP contribution in [-0.4, -0.2) is 32.6 Å². The third kappa shape index (κ3) is 4.22. The number of aromatic nitrogens is 4. The molecule has 11 heteroatoms. The number of carbonyl (C=O) groups excluding carboxylic acids is 1. The van der Waals surface area contributed by atoms with Gasteiger partial charge in [0, 0.05) is 16.3 Å². The lowest BCUT2D eigenvalue weighted by atomic mass is 10.1. The van der Waals surface area contributed by atoms with Crippen molar-refractivity contribution in [3.8, 4) is 17.0 Å². The first-order chi connectivity index (χ1) is 15.2. The summed E-state index contributed by atoms with van der Waals surface area (Å²) < 4.78 is 46.8. The largest absolute Gasteiger partial charge is 0.497 e. The number of aryl methyl sites for hydroxylation is 1. The number of amides is 1. The van der Waals surface area contributed by atoms with Crippen molar-refractivity contribution in [1.29, 1.82) is 0 Å². The van der Waals surface area contributed by atoms with Gasteiger partial charge in [-0.05, 0) is 55.0 Å². The molecule has 0 aliphatic heterocycles. The molecule has 164 valence electrons. The van der Waals surface area contributed by atoms with Gasteiger partial charge in [0.15, 0.2) is 5.69 Å². The van der Waals surface area contributed by atoms with Gasteiger partial charge in [-0.25, -0.2) is 4.98 Å². The molecule has 0 spiro atoms. The van der Waals surface area contributed by atoms with Crippen LogP contribution in [0.15, 0.2) is 48.5 Å². The molecule has 4 aromatic rings. The number of fused-ring (bicyclic) bond motifs is 1. The van der Waals surface area contributed by atoms with Crippen molar-refractivity contribution in [3.63, 3.8) is 0 Å². The van der Waals surface area contributed by atoms with Crippen LogP contribution < -0.4 is 10.1 Å². The lowest BCUT2D eigenvalue weighted by Gasteiger charge is -2.10. The Hall–Kier alpha value is -3.66. The summed E-state index contributed by atoms with van der Waals surface area (Å²) in [6.45, 7) is 1.74. The zero-order valence-electron chi connectivity index (χ0n) is 16.7. The summed E-state index contributed by atoms with van der Waals surface area (Å²) in [6.07, 6.45) is -4.76. The third-order valence-corrected chi connectivity index (χ3v) is 4.87. The summed E-state index contributed by atoms with van der Waals surface area (Å²) in [5.41, 5.74) is 0.436. The van der Waals surface area contributed by atoms with Crippen LogP contribution in [0.1, 0.15) is 21.9 Å². The maximum Gasteiger partial charge on any atom is 0.433 e. The van der Waals surface area contributed by atoms with Gasteiger partial charge < -0.3 is 10.1 Å². The lowest BCUT2D eigenvalue weighted by molar-refractivity contribution is -0.142. The first-order valence-corrected chi connectivity index (χ1v) is 9.60. The van der Waals surface area contributed by atoms with E-state index in [1.165, 1.54) is 13.2 Å². The standard InChI is InChI=1S/C21H15ClF3N5O2/c1-11-3-6-13(22)9-15(11)26-19(31)18-28-20-27-16(12-4-7-14(32-2)8-5-12)10-17(21(23,24)25)30(20)29-18/h3-10H,1-2H3,(H,26,31). The van der Waals surface area contributed by atoms with Crippen molar-refractivity contribution in [3.05, 3.63) is 70.6 Å². The number of ether oxygens (including phenoxy) is 1. The molecule has 0 aliphatic carbocycles. The molecule has 7 nitrogen and oxygen atoms in total. The highest BCUT2D eigenvalue weighted by atomic mass is 35.5. The fourth-order valence-electron chi connectivity index (χ4n) is 2.98. The zero-order valence-corrected chi connectivity index (χ0v) is 17.5. The highest BCUT2D eigenvalue weighted by Gasteiger charge is 2.36. The molecular formula is C21H15ClF3N5O2. The van der Waals surface area contributed by atoms with Gasteiger partial charge in [0.05, 0.1) is 12.8 Å². The third-order valence-electron chi connectivity index (χ3n) is 4.64. The Bertz CT molecular complexity index is 1320. The van der Waals surface area contributed by atoms with Crippen LogP contribution in [-0.2, 0) is 6.18 Å². The molecule has 2 aromatic carbocycles. The van der Waals surface area contributed by atoms with E-state index in [1.54, 1.807) is 43.3 Å². The van der Waals surface area contributed by atoms with E-state index >= 15 is 0 Å². The first kappa shape index (κ1) is 21.6. The Kier molecular flexibility index (Phi) is 5.47. The van der Waals surface area contributed by atoms with Crippen LogP contribution in [0.3, 0.4) is 0 Å². The van der Waals surface area contributed by atoms with Crippen molar-refractivity contribution < 1.29 is 22.7 Å². The molecule has 2 aromatic heterocycles. The number of halogens is 4. The summed E-state index contributed by atoms with van der Waals surface area (Å²) >= 11 is 5.95. The molecule has 0 bridgehead atoms. The fourth-order valence-corrected chi connectivity index (χ4v) is 3.16. The summed E-state index contributed by atoms with van der Waals surface area (Å²) in [6, 6.07) is 12.1. The normalized spacial score (nSPS) is 11.6. The van der Waals surface area contributed by atoms with Gasteiger partial charge >= 0.3 is 6.18 Å². The molecular weight excluding hydrogens is 447 g/mol. The highest BCUT2D eigenvalue weighted by molar-refractivity contribution is 6.31. The minimum atomic E-state index is -4.76. The molecule has 0 saturated heterocycles. The van der Waals surface area contributed by atoms with E-state index in [4.69, 9.17) is 16.3 Å². The number of benzene rings is 2. The Balaban J connectivity index is 1.77. The second-order valence-electron chi connectivity index (χ2n) is 6.81. The predicted octanol–water partition coefficient (Wildman–Crippen LogP) is 5.03. The van der Waals surface area contributed by atoms with E-state index in [0.29, 0.717) is 32.1 Å². The van der Waals surface area contributed by atoms with Crippen LogP contribution in [0.5, 0.6) is 5.75 Å². The Morgan fingerprint density at radius 1 is 1.09 bits per heavy atom. The van der Waals surface area contributed by atoms with Crippen molar-refractivity contribution in [1.82, 2.24) is 19.6 Å². The van der Waals surface area contributed by atoms with Crippen LogP contribution >= 0.6 is 11.6 Å². The average molecular weight is 462 g/mol. The van der Waals surface area contributed by atoms with E-state index in [-0.39, 0.29) is 11.5 Å². The first-order valence-electron chi connectivity index (χ1n) is 9.22. The van der Waals surface area contributed by atoms with Gasteiger partial charge in [-0.2, -0.15) is 22.7 Å². The summed E-state index contributed by atoms with van der Waals surface area (Å²) in [5.74, 6) is -1.07. The van der Waals surface area contributed by atoms with E-state index in [1.807, 2.05) is 0 Å². The Labute approximate surface area is 184 Å². The van der Waals surface area contributed by atoms with Gasteiger partial charge in [0.25, 0.3) is 11.7 Å². The lowest BCUT2D eigenvalue weighted by Crippen LogP contribution is -2.16. The molecule has 32 heavy (non-hydrogen) atoms. The SMILES string of the molecule is COc1ccc(-c2cc(C(F)(F)F)n3nc(C(=O)Nc4cc(Cl)ccc4C)nc3n2)cc1. The molecule has 0 fully saturated rings. The van der Waals surface area contributed by atoms with Gasteiger partial charge in [0.2, 0.25) is 5.82 Å². The number of hydrogen-bond acceptors (Lipinski definition) is 5. The number of nitrogens with zero attached hydrogens (tertiary/aromatic N) is 4. The average Bonchev–Trinajstić information content (AvgIpc) is 3.19. The van der Waals surface area contributed by atoms with E-state index in [2.05, 4.69) is 20.4 Å². The van der Waals surface area contributed by atoms with Crippen LogP contribution in [0.2, 0.25) is 5.02 Å². The quantitative estimate of drug-likeness (QED) is 0.461. The molecule has 1 N–H and O–H groups in total. The van der Waals surface area contributed by atoms with Crippen molar-refractivity contribution in [2.45, 2.75) is 13.1 Å². The van der Waals surface area contributed by atoms with E-state index < -0.39 is 23.6 Å². The number of alkyl halides is 3. The van der Waals surface area contributed by atoms with Crippen LogP contribution in [0, 0.1) is 6.92 Å². The molecule has 4 rings (SSSR count).